The van der Waals surface area contributed by atoms with E-state index >= 15 is 0 Å². The number of fused-ring (bicyclic) bond motifs is 2. The number of ether oxygens (including phenoxy) is 2. The fraction of sp³-hybridized carbons (Fsp3) is 0.350. The minimum atomic E-state index is -0.733. The van der Waals surface area contributed by atoms with Gasteiger partial charge in [-0.1, -0.05) is 71.7 Å². The minimum absolute atomic E-state index is 0.150. The van der Waals surface area contributed by atoms with Gasteiger partial charge >= 0.3 is 11.9 Å². The summed E-state index contributed by atoms with van der Waals surface area (Å²) in [5.41, 5.74) is 10.0. The molecule has 50 heavy (non-hydrogen) atoms. The lowest BCUT2D eigenvalue weighted by atomic mass is 9.91. The molecule has 2 heterocycles. The highest BCUT2D eigenvalue weighted by molar-refractivity contribution is 6.39. The van der Waals surface area contributed by atoms with Gasteiger partial charge < -0.3 is 19.7 Å². The smallest absolute Gasteiger partial charge is 0.309 e. The fourth-order valence-electron chi connectivity index (χ4n) is 8.56. The molecule has 8 rings (SSSR count). The van der Waals surface area contributed by atoms with Gasteiger partial charge in [-0.15, -0.1) is 0 Å². The second kappa shape index (κ2) is 12.9. The Balaban J connectivity index is 1.11. The van der Waals surface area contributed by atoms with Gasteiger partial charge in [-0.2, -0.15) is 0 Å². The SMILES string of the molecule is COc1cc(-c2cccc(-c3cccc(-c4cc5c(c(OC)c4)[C@H](N4CC(C(=O)O)C4)CC5)c3Cl)c2Cl)cc2c1C(N1CC(C(=O)O)C1)CC2. The Bertz CT molecular complexity index is 1890. The van der Waals surface area contributed by atoms with Crippen molar-refractivity contribution in [2.24, 2.45) is 11.8 Å². The molecule has 2 atom stereocenters. The Labute approximate surface area is 301 Å². The molecule has 10 heteroatoms. The molecule has 2 N–H and O–H groups in total. The minimum Gasteiger partial charge on any atom is -0.496 e. The van der Waals surface area contributed by atoms with Crippen LogP contribution in [0.2, 0.25) is 10.0 Å². The summed E-state index contributed by atoms with van der Waals surface area (Å²) in [6.45, 7) is 2.24. The molecule has 2 aliphatic carbocycles. The predicted molar refractivity (Wildman–Crippen MR) is 193 cm³/mol. The monoisotopic (exact) mass is 712 g/mol. The number of halogens is 2. The van der Waals surface area contributed by atoms with Crippen molar-refractivity contribution < 1.29 is 29.3 Å². The molecule has 258 valence electrons. The Morgan fingerprint density at radius 2 is 1.02 bits per heavy atom. The van der Waals surface area contributed by atoms with E-state index in [0.29, 0.717) is 36.2 Å². The zero-order chi connectivity index (χ0) is 34.8. The number of carbonyl (C=O) groups is 2. The van der Waals surface area contributed by atoms with Crippen LogP contribution in [0.1, 0.15) is 47.2 Å². The molecule has 4 aromatic carbocycles. The first-order chi connectivity index (χ1) is 24.2. The number of hydrogen-bond acceptors (Lipinski definition) is 6. The molecule has 8 nitrogen and oxygen atoms in total. The van der Waals surface area contributed by atoms with Gasteiger partial charge in [0.1, 0.15) is 11.5 Å². The van der Waals surface area contributed by atoms with Crippen molar-refractivity contribution in [3.8, 4) is 44.9 Å². The molecule has 2 saturated heterocycles. The topological polar surface area (TPSA) is 99.5 Å². The standard InChI is InChI=1S/C40H38Cl2N2O6/c1-49-33-15-23(13-21-9-11-31(35(21)33)43-17-25(18-43)39(45)46)27-5-3-7-29(37(27)41)30-8-4-6-28(38(30)42)24-14-22-10-12-32(36(22)34(16-24)50-2)44-19-26(20-44)40(47)48/h3-8,13-16,25-26,31-32H,9-12,17-20H2,1-2H3,(H,45,46)(H,47,48)/t31-,32?/m1/s1. The number of hydrogen-bond donors (Lipinski definition) is 2. The fourth-order valence-corrected chi connectivity index (χ4v) is 9.24. The van der Waals surface area contributed by atoms with Crippen molar-refractivity contribution in [3.63, 3.8) is 0 Å². The van der Waals surface area contributed by atoms with Crippen LogP contribution >= 0.6 is 23.2 Å². The molecular weight excluding hydrogens is 675 g/mol. The summed E-state index contributed by atoms with van der Waals surface area (Å²) >= 11 is 14.5. The summed E-state index contributed by atoms with van der Waals surface area (Å²) in [4.78, 5) is 27.3. The highest BCUT2D eigenvalue weighted by Gasteiger charge is 2.42. The van der Waals surface area contributed by atoms with E-state index in [4.69, 9.17) is 32.7 Å². The van der Waals surface area contributed by atoms with Crippen LogP contribution in [0.4, 0.5) is 0 Å². The first-order valence-electron chi connectivity index (χ1n) is 17.1. The van der Waals surface area contributed by atoms with Crippen LogP contribution in [0.25, 0.3) is 33.4 Å². The number of methoxy groups -OCH3 is 2. The zero-order valence-electron chi connectivity index (χ0n) is 27.9. The molecule has 4 aromatic rings. The summed E-state index contributed by atoms with van der Waals surface area (Å²) in [7, 11) is 3.37. The van der Waals surface area contributed by atoms with Gasteiger partial charge in [0.25, 0.3) is 0 Å². The zero-order valence-corrected chi connectivity index (χ0v) is 29.4. The van der Waals surface area contributed by atoms with Gasteiger partial charge in [0.15, 0.2) is 0 Å². The van der Waals surface area contributed by atoms with E-state index in [1.165, 1.54) is 11.1 Å². The highest BCUT2D eigenvalue weighted by Crippen LogP contribution is 2.50. The van der Waals surface area contributed by atoms with Crippen molar-refractivity contribution in [1.29, 1.82) is 0 Å². The van der Waals surface area contributed by atoms with Crippen molar-refractivity contribution in [1.82, 2.24) is 9.80 Å². The number of aliphatic carboxylic acids is 2. The maximum absolute atomic E-state index is 11.4. The van der Waals surface area contributed by atoms with E-state index in [1.807, 2.05) is 48.5 Å². The van der Waals surface area contributed by atoms with Gasteiger partial charge in [0.05, 0.1) is 36.1 Å². The van der Waals surface area contributed by atoms with E-state index in [9.17, 15) is 19.8 Å². The van der Waals surface area contributed by atoms with E-state index in [1.54, 1.807) is 14.2 Å². The van der Waals surface area contributed by atoms with Crippen LogP contribution in [-0.2, 0) is 22.4 Å². The number of aryl methyl sites for hydroxylation is 2. The van der Waals surface area contributed by atoms with Crippen LogP contribution < -0.4 is 9.47 Å². The maximum Gasteiger partial charge on any atom is 0.309 e. The van der Waals surface area contributed by atoms with E-state index < -0.39 is 11.9 Å². The molecule has 0 saturated carbocycles. The third-order valence-electron chi connectivity index (χ3n) is 11.2. The summed E-state index contributed by atoms with van der Waals surface area (Å²) in [6.07, 6.45) is 3.62. The molecule has 0 radical (unpaired) electrons. The van der Waals surface area contributed by atoms with Gasteiger partial charge in [-0.25, -0.2) is 0 Å². The number of rotatable bonds is 9. The summed E-state index contributed by atoms with van der Waals surface area (Å²) < 4.78 is 11.9. The summed E-state index contributed by atoms with van der Waals surface area (Å²) in [6, 6.07) is 20.8. The third kappa shape index (κ3) is 5.44. The Morgan fingerprint density at radius 3 is 1.38 bits per heavy atom. The van der Waals surface area contributed by atoms with Crippen LogP contribution in [0.15, 0.2) is 60.7 Å². The number of likely N-dealkylation sites (tertiary alicyclic amines) is 2. The van der Waals surface area contributed by atoms with Crippen LogP contribution in [0.5, 0.6) is 11.5 Å². The first kappa shape index (κ1) is 33.1. The van der Waals surface area contributed by atoms with Gasteiger partial charge in [-0.3, -0.25) is 19.4 Å². The van der Waals surface area contributed by atoms with Crippen LogP contribution in [0.3, 0.4) is 0 Å². The number of carboxylic acid groups (broad SMARTS) is 2. The maximum atomic E-state index is 11.4. The molecule has 2 aliphatic heterocycles. The average molecular weight is 714 g/mol. The van der Waals surface area contributed by atoms with Crippen molar-refractivity contribution in [2.75, 3.05) is 40.4 Å². The van der Waals surface area contributed by atoms with Gasteiger partial charge in [-0.05, 0) is 60.1 Å². The van der Waals surface area contributed by atoms with E-state index in [-0.39, 0.29) is 23.9 Å². The first-order valence-corrected chi connectivity index (χ1v) is 17.9. The third-order valence-corrected chi connectivity index (χ3v) is 12.1. The lowest BCUT2D eigenvalue weighted by Gasteiger charge is -2.41. The largest absolute Gasteiger partial charge is 0.496 e. The Hall–Kier alpha value is -4.08. The predicted octanol–water partition coefficient (Wildman–Crippen LogP) is 8.02. The molecule has 0 aromatic heterocycles. The van der Waals surface area contributed by atoms with E-state index in [2.05, 4.69) is 21.9 Å². The molecule has 0 spiro atoms. The highest BCUT2D eigenvalue weighted by atomic mass is 35.5. The molecule has 4 aliphatic rings. The Kier molecular flexibility index (Phi) is 8.54. The van der Waals surface area contributed by atoms with Gasteiger partial charge in [0.2, 0.25) is 0 Å². The van der Waals surface area contributed by atoms with Crippen LogP contribution in [-0.4, -0.2) is 72.4 Å². The lowest BCUT2D eigenvalue weighted by Crippen LogP contribution is -2.51. The van der Waals surface area contributed by atoms with Crippen molar-refractivity contribution >= 4 is 35.1 Å². The second-order valence-electron chi connectivity index (χ2n) is 13.9. The summed E-state index contributed by atoms with van der Waals surface area (Å²) in [5.74, 6) is -0.489. The molecule has 2 fully saturated rings. The molecule has 0 amide bonds. The number of nitrogens with zero attached hydrogens (tertiary/aromatic N) is 2. The molecule has 1 unspecified atom stereocenters. The summed E-state index contributed by atoms with van der Waals surface area (Å²) in [5, 5.41) is 20.0. The number of benzene rings is 4. The second-order valence-corrected chi connectivity index (χ2v) is 14.7. The van der Waals surface area contributed by atoms with Crippen molar-refractivity contribution in [2.45, 2.75) is 37.8 Å². The Morgan fingerprint density at radius 1 is 0.640 bits per heavy atom. The van der Waals surface area contributed by atoms with Gasteiger partial charge in [0, 0.05) is 71.6 Å². The number of carboxylic acids is 2. The molecule has 0 bridgehead atoms. The quantitative estimate of drug-likeness (QED) is 0.180. The molecular formula is C40H38Cl2N2O6. The normalized spacial score (nSPS) is 20.6. The van der Waals surface area contributed by atoms with Crippen LogP contribution in [0, 0.1) is 11.8 Å². The van der Waals surface area contributed by atoms with Crippen molar-refractivity contribution in [3.05, 3.63) is 93.0 Å². The average Bonchev–Trinajstić information content (AvgIpc) is 3.67. The van der Waals surface area contributed by atoms with E-state index in [0.717, 1.165) is 81.7 Å². The lowest BCUT2D eigenvalue weighted by molar-refractivity contribution is -0.149.